The molecule has 5 nitrogen and oxygen atoms in total. The van der Waals surface area contributed by atoms with E-state index in [1.165, 1.54) is 0 Å². The second-order valence-corrected chi connectivity index (χ2v) is 4.09. The van der Waals surface area contributed by atoms with Crippen molar-refractivity contribution in [3.63, 3.8) is 0 Å². The van der Waals surface area contributed by atoms with Crippen LogP contribution < -0.4 is 5.32 Å². The number of carbonyl (C=O) groups is 3. The van der Waals surface area contributed by atoms with Crippen molar-refractivity contribution in [3.8, 4) is 0 Å². The molecule has 0 radical (unpaired) electrons. The number of rotatable bonds is 2. The summed E-state index contributed by atoms with van der Waals surface area (Å²) in [6.07, 6.45) is 8.90. The van der Waals surface area contributed by atoms with E-state index in [1.807, 2.05) is 12.2 Å². The molecule has 0 fully saturated rings. The Morgan fingerprint density at radius 1 is 1.33 bits per heavy atom. The lowest BCUT2D eigenvalue weighted by Crippen LogP contribution is -2.32. The Bertz CT molecular complexity index is 473. The standard InChI is InChI=1S/C13H13NO4/c15-9-6-7-12(16)11(8-9)14-13(17)18-10-4-2-1-3-5-10/h2,4,6-8,10H,1,3,5H2,(H,14,17). The van der Waals surface area contributed by atoms with Gasteiger partial charge in [0, 0.05) is 6.08 Å². The van der Waals surface area contributed by atoms with Crippen LogP contribution in [0.15, 0.2) is 36.1 Å². The SMILES string of the molecule is O=C1C=CC(=O)C(NC(=O)OC2C=CCCC2)=C1. The van der Waals surface area contributed by atoms with E-state index in [0.717, 1.165) is 37.5 Å². The second-order valence-electron chi connectivity index (χ2n) is 4.09. The first-order chi connectivity index (χ1) is 8.65. The minimum atomic E-state index is -0.714. The fraction of sp³-hybridized carbons (Fsp3) is 0.308. The third-order valence-corrected chi connectivity index (χ3v) is 2.66. The van der Waals surface area contributed by atoms with Crippen LogP contribution >= 0.6 is 0 Å². The summed E-state index contributed by atoms with van der Waals surface area (Å²) in [7, 11) is 0. The average Bonchev–Trinajstić information content (AvgIpc) is 2.35. The molecule has 1 atom stereocenters. The van der Waals surface area contributed by atoms with Crippen LogP contribution in [-0.2, 0) is 14.3 Å². The van der Waals surface area contributed by atoms with E-state index < -0.39 is 11.9 Å². The van der Waals surface area contributed by atoms with Gasteiger partial charge in [-0.05, 0) is 37.5 Å². The molecule has 2 aliphatic carbocycles. The molecule has 1 N–H and O–H groups in total. The molecule has 94 valence electrons. The van der Waals surface area contributed by atoms with Crippen molar-refractivity contribution in [2.75, 3.05) is 0 Å². The molecular formula is C13H13NO4. The Morgan fingerprint density at radius 3 is 2.89 bits per heavy atom. The summed E-state index contributed by atoms with van der Waals surface area (Å²) in [6, 6.07) is 0. The number of alkyl carbamates (subject to hydrolysis) is 1. The summed E-state index contributed by atoms with van der Waals surface area (Å²) in [6.45, 7) is 0. The molecule has 0 aromatic heterocycles. The van der Waals surface area contributed by atoms with Crippen LogP contribution in [0.1, 0.15) is 19.3 Å². The Labute approximate surface area is 104 Å². The van der Waals surface area contributed by atoms with Crippen molar-refractivity contribution in [1.29, 1.82) is 0 Å². The summed E-state index contributed by atoms with van der Waals surface area (Å²) in [5, 5.41) is 2.29. The van der Waals surface area contributed by atoms with Crippen LogP contribution in [0.5, 0.6) is 0 Å². The maximum Gasteiger partial charge on any atom is 0.412 e. The number of ketones is 2. The van der Waals surface area contributed by atoms with Gasteiger partial charge < -0.3 is 4.74 Å². The second kappa shape index (κ2) is 5.44. The minimum Gasteiger partial charge on any atom is -0.442 e. The van der Waals surface area contributed by atoms with Crippen molar-refractivity contribution >= 4 is 17.7 Å². The number of hydrogen-bond acceptors (Lipinski definition) is 4. The van der Waals surface area contributed by atoms with Crippen molar-refractivity contribution in [2.24, 2.45) is 0 Å². The smallest absolute Gasteiger partial charge is 0.412 e. The average molecular weight is 247 g/mol. The number of hydrogen-bond donors (Lipinski definition) is 1. The summed E-state index contributed by atoms with van der Waals surface area (Å²) < 4.78 is 5.11. The van der Waals surface area contributed by atoms with Crippen LogP contribution in [0.25, 0.3) is 0 Å². The molecule has 1 amide bonds. The maximum atomic E-state index is 11.5. The molecule has 0 saturated heterocycles. The lowest BCUT2D eigenvalue weighted by Gasteiger charge is -2.18. The third kappa shape index (κ3) is 3.16. The van der Waals surface area contributed by atoms with Crippen molar-refractivity contribution in [1.82, 2.24) is 5.32 Å². The highest BCUT2D eigenvalue weighted by Crippen LogP contribution is 2.13. The predicted molar refractivity (Wildman–Crippen MR) is 63.6 cm³/mol. The van der Waals surface area contributed by atoms with Gasteiger partial charge in [-0.1, -0.05) is 6.08 Å². The molecule has 2 aliphatic rings. The molecule has 0 aromatic carbocycles. The Hall–Kier alpha value is -2.17. The first-order valence-electron chi connectivity index (χ1n) is 5.77. The highest BCUT2D eigenvalue weighted by Gasteiger charge is 2.19. The molecule has 1 unspecified atom stereocenters. The Morgan fingerprint density at radius 2 is 2.17 bits per heavy atom. The molecule has 2 rings (SSSR count). The third-order valence-electron chi connectivity index (χ3n) is 2.66. The molecule has 0 saturated carbocycles. The first kappa shape index (κ1) is 12.3. The molecule has 0 heterocycles. The minimum absolute atomic E-state index is 0.0488. The number of ether oxygens (including phenoxy) is 1. The van der Waals surface area contributed by atoms with Crippen LogP contribution in [0, 0.1) is 0 Å². The lowest BCUT2D eigenvalue weighted by molar-refractivity contribution is -0.114. The van der Waals surface area contributed by atoms with Gasteiger partial charge in [-0.15, -0.1) is 0 Å². The van der Waals surface area contributed by atoms with Crippen molar-refractivity contribution < 1.29 is 19.1 Å². The van der Waals surface area contributed by atoms with Gasteiger partial charge >= 0.3 is 6.09 Å². The zero-order valence-electron chi connectivity index (χ0n) is 9.72. The first-order valence-corrected chi connectivity index (χ1v) is 5.77. The monoisotopic (exact) mass is 247 g/mol. The number of allylic oxidation sites excluding steroid dienone is 4. The van der Waals surface area contributed by atoms with E-state index in [9.17, 15) is 14.4 Å². The van der Waals surface area contributed by atoms with Gasteiger partial charge in [0.1, 0.15) is 6.10 Å². The molecule has 18 heavy (non-hydrogen) atoms. The largest absolute Gasteiger partial charge is 0.442 e. The van der Waals surface area contributed by atoms with Crippen LogP contribution in [0.3, 0.4) is 0 Å². The lowest BCUT2D eigenvalue weighted by atomic mass is 10.1. The number of carbonyl (C=O) groups excluding carboxylic acids is 3. The fourth-order valence-corrected chi connectivity index (χ4v) is 1.76. The highest BCUT2D eigenvalue weighted by atomic mass is 16.6. The van der Waals surface area contributed by atoms with Crippen LogP contribution in [0.2, 0.25) is 0 Å². The van der Waals surface area contributed by atoms with Gasteiger partial charge in [0.05, 0.1) is 5.70 Å². The van der Waals surface area contributed by atoms with E-state index in [-0.39, 0.29) is 17.6 Å². The topological polar surface area (TPSA) is 72.5 Å². The highest BCUT2D eigenvalue weighted by molar-refractivity contribution is 6.17. The zero-order valence-corrected chi connectivity index (χ0v) is 9.72. The number of nitrogens with one attached hydrogen (secondary N) is 1. The van der Waals surface area contributed by atoms with Gasteiger partial charge in [0.15, 0.2) is 5.78 Å². The molecule has 0 bridgehead atoms. The molecule has 5 heteroatoms. The maximum absolute atomic E-state index is 11.5. The summed E-state index contributed by atoms with van der Waals surface area (Å²) in [5.41, 5.74) is -0.0488. The molecule has 0 spiro atoms. The van der Waals surface area contributed by atoms with Crippen LogP contribution in [0.4, 0.5) is 4.79 Å². The van der Waals surface area contributed by atoms with Gasteiger partial charge in [0.25, 0.3) is 0 Å². The predicted octanol–water partition coefficient (Wildman–Crippen LogP) is 1.41. The van der Waals surface area contributed by atoms with Gasteiger partial charge in [-0.3, -0.25) is 14.9 Å². The summed E-state index contributed by atoms with van der Waals surface area (Å²) in [5.74, 6) is -0.742. The van der Waals surface area contributed by atoms with E-state index in [4.69, 9.17) is 4.74 Å². The van der Waals surface area contributed by atoms with Gasteiger partial charge in [0.2, 0.25) is 5.78 Å². The summed E-state index contributed by atoms with van der Waals surface area (Å²) in [4.78, 5) is 34.0. The normalized spacial score (nSPS) is 22.7. The molecule has 0 aromatic rings. The van der Waals surface area contributed by atoms with E-state index >= 15 is 0 Å². The van der Waals surface area contributed by atoms with E-state index in [1.54, 1.807) is 0 Å². The number of amides is 1. The van der Waals surface area contributed by atoms with E-state index in [0.29, 0.717) is 0 Å². The Kier molecular flexibility index (Phi) is 3.72. The summed E-state index contributed by atoms with van der Waals surface area (Å²) >= 11 is 0. The van der Waals surface area contributed by atoms with Crippen LogP contribution in [-0.4, -0.2) is 23.8 Å². The molecule has 0 aliphatic heterocycles. The quantitative estimate of drug-likeness (QED) is 0.591. The zero-order chi connectivity index (χ0) is 13.0. The fourth-order valence-electron chi connectivity index (χ4n) is 1.76. The van der Waals surface area contributed by atoms with Gasteiger partial charge in [-0.2, -0.15) is 0 Å². The molecular weight excluding hydrogens is 234 g/mol. The van der Waals surface area contributed by atoms with Crippen molar-refractivity contribution in [2.45, 2.75) is 25.4 Å². The van der Waals surface area contributed by atoms with E-state index in [2.05, 4.69) is 5.32 Å². The van der Waals surface area contributed by atoms with Gasteiger partial charge in [-0.25, -0.2) is 4.79 Å². The van der Waals surface area contributed by atoms with Crippen molar-refractivity contribution in [3.05, 3.63) is 36.1 Å². The Balaban J connectivity index is 1.91.